The maximum atomic E-state index is 13.6. The monoisotopic (exact) mass is 436 g/mol. The summed E-state index contributed by atoms with van der Waals surface area (Å²) >= 11 is 0. The number of non-ortho nitro benzene ring substituents is 1. The molecule has 1 aliphatic carbocycles. The molecule has 3 aromatic carbocycles. The van der Waals surface area contributed by atoms with Crippen LogP contribution < -0.4 is 10.9 Å². The van der Waals surface area contributed by atoms with Crippen LogP contribution in [0.1, 0.15) is 33.0 Å². The van der Waals surface area contributed by atoms with Gasteiger partial charge in [0.05, 0.1) is 21.9 Å². The minimum absolute atomic E-state index is 0.0566. The second-order valence-corrected chi connectivity index (χ2v) is 7.95. The topological polar surface area (TPSA) is 110 Å². The molecule has 33 heavy (non-hydrogen) atoms. The predicted molar refractivity (Wildman–Crippen MR) is 123 cm³/mol. The molecule has 0 saturated heterocycles. The highest BCUT2D eigenvalue weighted by Crippen LogP contribution is 2.48. The third kappa shape index (κ3) is 2.71. The molecule has 1 atom stereocenters. The van der Waals surface area contributed by atoms with E-state index in [1.54, 1.807) is 24.3 Å². The van der Waals surface area contributed by atoms with Gasteiger partial charge in [-0.25, -0.2) is 4.68 Å². The highest BCUT2D eigenvalue weighted by atomic mass is 16.6. The second kappa shape index (κ2) is 6.89. The number of nitrogens with one attached hydrogen (secondary N) is 2. The molecular weight excluding hydrogens is 420 g/mol. The number of carbonyl (C=O) groups excluding carboxylic acids is 1. The standard InChI is InChI=1S/C25H16N4O4/c30-23-18-9-5-4-8-17(18)22-20(23)19(14-10-12-16(13-11-14)29(32)33)21-24(26-22)27-28(25(21)31)15-6-2-1-3-7-15/h1-13,19,26-27H. The molecule has 0 fully saturated rings. The summed E-state index contributed by atoms with van der Waals surface area (Å²) in [5.74, 6) is -0.338. The zero-order valence-electron chi connectivity index (χ0n) is 17.1. The first-order valence-corrected chi connectivity index (χ1v) is 10.3. The van der Waals surface area contributed by atoms with Gasteiger partial charge < -0.3 is 5.32 Å². The van der Waals surface area contributed by atoms with Crippen molar-refractivity contribution in [2.45, 2.75) is 5.92 Å². The molecule has 2 aliphatic rings. The van der Waals surface area contributed by atoms with Crippen molar-refractivity contribution in [3.63, 3.8) is 0 Å². The lowest BCUT2D eigenvalue weighted by Gasteiger charge is -2.25. The van der Waals surface area contributed by atoms with Crippen LogP contribution in [-0.4, -0.2) is 20.5 Å². The summed E-state index contributed by atoms with van der Waals surface area (Å²) in [5.41, 5.74) is 3.79. The van der Waals surface area contributed by atoms with Crippen molar-refractivity contribution < 1.29 is 9.72 Å². The number of H-pyrrole nitrogens is 1. The number of ketones is 1. The lowest BCUT2D eigenvalue weighted by Crippen LogP contribution is -2.25. The first kappa shape index (κ1) is 19.0. The van der Waals surface area contributed by atoms with Crippen molar-refractivity contribution in [1.29, 1.82) is 0 Å². The van der Waals surface area contributed by atoms with E-state index in [1.165, 1.54) is 16.8 Å². The van der Waals surface area contributed by atoms with Gasteiger partial charge in [-0.05, 0) is 17.7 Å². The Morgan fingerprint density at radius 3 is 2.21 bits per heavy atom. The van der Waals surface area contributed by atoms with Crippen LogP contribution in [0.3, 0.4) is 0 Å². The lowest BCUT2D eigenvalue weighted by atomic mass is 9.82. The zero-order valence-corrected chi connectivity index (χ0v) is 17.1. The number of rotatable bonds is 3. The average Bonchev–Trinajstić information content (AvgIpc) is 3.33. The number of benzene rings is 3. The van der Waals surface area contributed by atoms with E-state index < -0.39 is 10.8 Å². The van der Waals surface area contributed by atoms with Crippen molar-refractivity contribution in [1.82, 2.24) is 9.78 Å². The van der Waals surface area contributed by atoms with Crippen molar-refractivity contribution in [3.8, 4) is 5.69 Å². The van der Waals surface area contributed by atoms with Gasteiger partial charge in [-0.15, -0.1) is 0 Å². The number of hydrogen-bond donors (Lipinski definition) is 2. The fourth-order valence-corrected chi connectivity index (χ4v) is 4.68. The third-order valence-electron chi connectivity index (χ3n) is 6.16. The lowest BCUT2D eigenvalue weighted by molar-refractivity contribution is -0.384. The van der Waals surface area contributed by atoms with Crippen LogP contribution in [0.15, 0.2) is 89.2 Å². The highest BCUT2D eigenvalue weighted by Gasteiger charge is 2.42. The summed E-state index contributed by atoms with van der Waals surface area (Å²) in [5, 5.41) is 17.6. The molecule has 0 amide bonds. The van der Waals surface area contributed by atoms with Gasteiger partial charge in [0.1, 0.15) is 5.82 Å². The van der Waals surface area contributed by atoms with Crippen molar-refractivity contribution in [2.75, 3.05) is 5.32 Å². The normalized spacial score (nSPS) is 16.1. The van der Waals surface area contributed by atoms with Gasteiger partial charge >= 0.3 is 0 Å². The van der Waals surface area contributed by atoms with Crippen LogP contribution in [-0.2, 0) is 0 Å². The first-order chi connectivity index (χ1) is 16.0. The molecule has 1 unspecified atom stereocenters. The minimum Gasteiger partial charge on any atom is -0.339 e. The number of aromatic amines is 1. The van der Waals surface area contributed by atoms with Crippen LogP contribution in [0.2, 0.25) is 0 Å². The molecule has 6 rings (SSSR count). The molecule has 1 aromatic heterocycles. The molecule has 0 radical (unpaired) electrons. The van der Waals surface area contributed by atoms with Crippen molar-refractivity contribution in [3.05, 3.63) is 127 Å². The van der Waals surface area contributed by atoms with Crippen molar-refractivity contribution >= 4 is 23.0 Å². The Bertz CT molecular complexity index is 1550. The molecule has 160 valence electrons. The number of allylic oxidation sites excluding steroid dienone is 1. The van der Waals surface area contributed by atoms with Gasteiger partial charge in [0.2, 0.25) is 0 Å². The van der Waals surface area contributed by atoms with Gasteiger partial charge in [0.15, 0.2) is 5.78 Å². The number of anilines is 1. The quantitative estimate of drug-likeness (QED) is 0.369. The van der Waals surface area contributed by atoms with Crippen LogP contribution in [0.5, 0.6) is 0 Å². The summed E-state index contributed by atoms with van der Waals surface area (Å²) in [7, 11) is 0. The van der Waals surface area contributed by atoms with E-state index in [-0.39, 0.29) is 17.0 Å². The second-order valence-electron chi connectivity index (χ2n) is 7.95. The third-order valence-corrected chi connectivity index (χ3v) is 6.16. The Labute approximate surface area is 186 Å². The summed E-state index contributed by atoms with van der Waals surface area (Å²) in [6, 6.07) is 22.5. The van der Waals surface area contributed by atoms with Crippen molar-refractivity contribution in [2.24, 2.45) is 0 Å². The van der Waals surface area contributed by atoms with E-state index in [0.717, 1.165) is 5.56 Å². The highest BCUT2D eigenvalue weighted by molar-refractivity contribution is 6.23. The smallest absolute Gasteiger partial charge is 0.277 e. The zero-order chi connectivity index (χ0) is 22.7. The van der Waals surface area contributed by atoms with E-state index in [1.807, 2.05) is 42.5 Å². The van der Waals surface area contributed by atoms with E-state index in [9.17, 15) is 19.7 Å². The van der Waals surface area contributed by atoms with Gasteiger partial charge in [-0.3, -0.25) is 24.8 Å². The number of nitro benzene ring substituents is 1. The molecule has 8 nitrogen and oxygen atoms in total. The average molecular weight is 436 g/mol. The Kier molecular flexibility index (Phi) is 3.97. The first-order valence-electron chi connectivity index (χ1n) is 10.3. The number of para-hydroxylation sites is 1. The maximum Gasteiger partial charge on any atom is 0.277 e. The number of aromatic nitrogens is 2. The van der Waals surface area contributed by atoms with Crippen LogP contribution in [0, 0.1) is 10.1 Å². The molecule has 2 N–H and O–H groups in total. The Morgan fingerprint density at radius 1 is 0.848 bits per heavy atom. The van der Waals surface area contributed by atoms with Gasteiger partial charge in [-0.2, -0.15) is 0 Å². The fraction of sp³-hybridized carbons (Fsp3) is 0.0400. The van der Waals surface area contributed by atoms with Gasteiger partial charge in [-0.1, -0.05) is 54.6 Å². The molecule has 0 bridgehead atoms. The number of nitrogens with zero attached hydrogens (tertiary/aromatic N) is 2. The van der Waals surface area contributed by atoms with E-state index in [2.05, 4.69) is 10.4 Å². The summed E-state index contributed by atoms with van der Waals surface area (Å²) in [4.78, 5) is 37.7. The van der Waals surface area contributed by atoms with E-state index in [4.69, 9.17) is 0 Å². The number of hydrogen-bond acceptors (Lipinski definition) is 5. The number of fused-ring (bicyclic) bond motifs is 3. The SMILES string of the molecule is O=C1C2=C(Nc3[nH]n(-c4ccccc4)c(=O)c3C2c2ccc([N+](=O)[O-])cc2)c2ccccc21. The molecule has 0 spiro atoms. The van der Waals surface area contributed by atoms with E-state index in [0.29, 0.717) is 39.5 Å². The maximum absolute atomic E-state index is 13.6. The molecule has 2 heterocycles. The largest absolute Gasteiger partial charge is 0.339 e. The summed E-state index contributed by atoms with van der Waals surface area (Å²) in [6.45, 7) is 0. The number of Topliss-reactive ketones (excluding diaryl/α,β-unsaturated/α-hetero) is 1. The molecule has 4 aromatic rings. The Morgan fingerprint density at radius 2 is 1.52 bits per heavy atom. The molecule has 8 heteroatoms. The minimum atomic E-state index is -0.675. The van der Waals surface area contributed by atoms with Crippen LogP contribution in [0.25, 0.3) is 11.4 Å². The molecular formula is C25H16N4O4. The summed E-state index contributed by atoms with van der Waals surface area (Å²) < 4.78 is 1.44. The van der Waals surface area contributed by atoms with Crippen LogP contribution >= 0.6 is 0 Å². The Balaban J connectivity index is 1.60. The Hall–Kier alpha value is -4.72. The fourth-order valence-electron chi connectivity index (χ4n) is 4.68. The van der Waals surface area contributed by atoms with E-state index >= 15 is 0 Å². The number of carbonyl (C=O) groups is 1. The molecule has 1 aliphatic heterocycles. The van der Waals surface area contributed by atoms with Crippen LogP contribution in [0.4, 0.5) is 11.5 Å². The predicted octanol–water partition coefficient (Wildman–Crippen LogP) is 4.24. The van der Waals surface area contributed by atoms with Gasteiger partial charge in [0, 0.05) is 34.8 Å². The number of nitro groups is 1. The molecule has 0 saturated carbocycles. The van der Waals surface area contributed by atoms with Gasteiger partial charge in [0.25, 0.3) is 11.2 Å². The summed E-state index contributed by atoms with van der Waals surface area (Å²) in [6.07, 6.45) is 0.